The Balaban J connectivity index is 2.15. The number of ether oxygens (including phenoxy) is 1. The molecule has 2 N–H and O–H groups in total. The molecule has 0 spiro atoms. The molecule has 0 saturated carbocycles. The van der Waals surface area contributed by atoms with Crippen molar-refractivity contribution in [3.63, 3.8) is 0 Å². The van der Waals surface area contributed by atoms with Crippen LogP contribution in [-0.4, -0.2) is 10.3 Å². The average Bonchev–Trinajstić information content (AvgIpc) is 2.66. The van der Waals surface area contributed by atoms with Crippen molar-refractivity contribution >= 4 is 23.2 Å². The van der Waals surface area contributed by atoms with Crippen molar-refractivity contribution in [3.8, 4) is 5.75 Å². The number of carbonyl (C=O) groups is 1. The van der Waals surface area contributed by atoms with E-state index in [0.717, 1.165) is 11.5 Å². The summed E-state index contributed by atoms with van der Waals surface area (Å²) in [5.74, 6) is 0.0245. The Kier molecular flexibility index (Phi) is 2.64. The number of esters is 1. The number of para-hydroxylation sites is 1. The smallest absolute Gasteiger partial charge is 0.357 e. The molecule has 4 nitrogen and oxygen atoms in total. The van der Waals surface area contributed by atoms with Gasteiger partial charge in [-0.3, -0.25) is 0 Å². The van der Waals surface area contributed by atoms with Gasteiger partial charge in [0.05, 0.1) is 11.9 Å². The van der Waals surface area contributed by atoms with Crippen LogP contribution in [0.15, 0.2) is 36.5 Å². The van der Waals surface area contributed by atoms with Crippen molar-refractivity contribution < 1.29 is 9.53 Å². The van der Waals surface area contributed by atoms with Gasteiger partial charge in [0.1, 0.15) is 5.75 Å². The normalized spacial score (nSPS) is 9.87. The van der Waals surface area contributed by atoms with Crippen LogP contribution in [0.1, 0.15) is 9.67 Å². The highest BCUT2D eigenvalue weighted by molar-refractivity contribution is 7.08. The monoisotopic (exact) mass is 220 g/mol. The first-order valence-corrected chi connectivity index (χ1v) is 5.02. The van der Waals surface area contributed by atoms with Crippen LogP contribution in [0.4, 0.5) is 5.69 Å². The summed E-state index contributed by atoms with van der Waals surface area (Å²) in [4.78, 5) is 11.9. The van der Waals surface area contributed by atoms with Crippen molar-refractivity contribution in [1.29, 1.82) is 0 Å². The lowest BCUT2D eigenvalue weighted by molar-refractivity contribution is 0.0741. The zero-order chi connectivity index (χ0) is 10.7. The van der Waals surface area contributed by atoms with Gasteiger partial charge in [-0.05, 0) is 23.7 Å². The molecule has 0 unspecified atom stereocenters. The topological polar surface area (TPSA) is 65.2 Å². The van der Waals surface area contributed by atoms with E-state index in [4.69, 9.17) is 10.5 Å². The minimum atomic E-state index is -0.471. The summed E-state index contributed by atoms with van der Waals surface area (Å²) in [5, 5.41) is 0. The van der Waals surface area contributed by atoms with Gasteiger partial charge in [0.25, 0.3) is 0 Å². The zero-order valence-electron chi connectivity index (χ0n) is 7.71. The fourth-order valence-corrected chi connectivity index (χ4v) is 1.59. The average molecular weight is 220 g/mol. The van der Waals surface area contributed by atoms with Gasteiger partial charge >= 0.3 is 5.97 Å². The van der Waals surface area contributed by atoms with Gasteiger partial charge < -0.3 is 10.5 Å². The van der Waals surface area contributed by atoms with Crippen molar-refractivity contribution in [2.45, 2.75) is 0 Å². The van der Waals surface area contributed by atoms with Gasteiger partial charge in [0.15, 0.2) is 4.88 Å². The number of rotatable bonds is 2. The molecule has 15 heavy (non-hydrogen) atoms. The molecule has 0 aliphatic heterocycles. The molecule has 0 atom stereocenters. The van der Waals surface area contributed by atoms with Gasteiger partial charge in [-0.1, -0.05) is 18.2 Å². The van der Waals surface area contributed by atoms with Gasteiger partial charge in [-0.25, -0.2) is 4.79 Å². The van der Waals surface area contributed by atoms with E-state index in [9.17, 15) is 4.79 Å². The van der Waals surface area contributed by atoms with E-state index in [1.54, 1.807) is 24.3 Å². The van der Waals surface area contributed by atoms with Crippen LogP contribution in [0.5, 0.6) is 5.75 Å². The molecule has 0 amide bonds. The summed E-state index contributed by atoms with van der Waals surface area (Å²) >= 11 is 1.03. The summed E-state index contributed by atoms with van der Waals surface area (Å²) in [6.45, 7) is 0. The lowest BCUT2D eigenvalue weighted by Crippen LogP contribution is -2.08. The van der Waals surface area contributed by atoms with Gasteiger partial charge in [-0.15, -0.1) is 0 Å². The van der Waals surface area contributed by atoms with E-state index in [-0.39, 0.29) is 0 Å². The molecule has 0 radical (unpaired) electrons. The zero-order valence-corrected chi connectivity index (χ0v) is 8.53. The molecule has 1 heterocycles. The summed E-state index contributed by atoms with van der Waals surface area (Å²) in [6.07, 6.45) is 1.44. The predicted octanol–water partition coefficient (Wildman–Crippen LogP) is 1.94. The third kappa shape index (κ3) is 2.13. The number of nitrogens with two attached hydrogens (primary N) is 1. The van der Waals surface area contributed by atoms with Crippen LogP contribution in [0.25, 0.3) is 0 Å². The maximum atomic E-state index is 11.6. The molecule has 2 rings (SSSR count). The summed E-state index contributed by atoms with van der Waals surface area (Å²) in [5.41, 5.74) is 5.89. The lowest BCUT2D eigenvalue weighted by atomic mass is 10.3. The molecule has 0 aliphatic rings. The van der Waals surface area contributed by atoms with Crippen LogP contribution in [0, 0.1) is 0 Å². The number of hydrogen-bond donors (Lipinski definition) is 1. The standard InChI is InChI=1S/C10H8N2O2S/c11-8-6-12-15-9(8)10(13)14-7-4-2-1-3-5-7/h1-6H,11H2. The van der Waals surface area contributed by atoms with Crippen LogP contribution in [0.3, 0.4) is 0 Å². The molecule has 76 valence electrons. The van der Waals surface area contributed by atoms with Crippen LogP contribution < -0.4 is 10.5 Å². The van der Waals surface area contributed by atoms with Crippen molar-refractivity contribution in [2.75, 3.05) is 5.73 Å². The number of benzene rings is 1. The number of nitrogen functional groups attached to an aromatic ring is 1. The summed E-state index contributed by atoms with van der Waals surface area (Å²) < 4.78 is 8.89. The number of nitrogens with zero attached hydrogens (tertiary/aromatic N) is 1. The molecular weight excluding hydrogens is 212 g/mol. The number of hydrogen-bond acceptors (Lipinski definition) is 5. The first kappa shape index (κ1) is 9.67. The SMILES string of the molecule is Nc1cnsc1C(=O)Oc1ccccc1. The number of aromatic nitrogens is 1. The second kappa shape index (κ2) is 4.10. The van der Waals surface area contributed by atoms with Gasteiger partial charge in [0, 0.05) is 0 Å². The van der Waals surface area contributed by atoms with E-state index in [1.807, 2.05) is 6.07 Å². The third-order valence-corrected chi connectivity index (χ3v) is 2.53. The fourth-order valence-electron chi connectivity index (χ4n) is 1.04. The second-order valence-corrected chi connectivity index (χ2v) is 3.61. The molecule has 1 aromatic heterocycles. The highest BCUT2D eigenvalue weighted by atomic mass is 32.1. The minimum Gasteiger partial charge on any atom is -0.422 e. The third-order valence-electron chi connectivity index (χ3n) is 1.74. The van der Waals surface area contributed by atoms with E-state index in [2.05, 4.69) is 4.37 Å². The largest absolute Gasteiger partial charge is 0.422 e. The maximum absolute atomic E-state index is 11.6. The summed E-state index contributed by atoms with van der Waals surface area (Å²) in [6, 6.07) is 8.83. The van der Waals surface area contributed by atoms with Crippen LogP contribution >= 0.6 is 11.5 Å². The van der Waals surface area contributed by atoms with E-state index >= 15 is 0 Å². The Bertz CT molecular complexity index is 467. The molecule has 5 heteroatoms. The second-order valence-electron chi connectivity index (χ2n) is 2.81. The summed E-state index contributed by atoms with van der Waals surface area (Å²) in [7, 11) is 0. The quantitative estimate of drug-likeness (QED) is 0.620. The van der Waals surface area contributed by atoms with Crippen LogP contribution in [0.2, 0.25) is 0 Å². The maximum Gasteiger partial charge on any atom is 0.357 e. The number of anilines is 1. The van der Waals surface area contributed by atoms with Crippen molar-refractivity contribution in [3.05, 3.63) is 41.4 Å². The minimum absolute atomic E-state index is 0.332. The molecule has 0 aliphatic carbocycles. The molecule has 0 bridgehead atoms. The Labute approximate surface area is 90.5 Å². The van der Waals surface area contributed by atoms with Gasteiger partial charge in [-0.2, -0.15) is 4.37 Å². The number of carbonyl (C=O) groups excluding carboxylic acids is 1. The Hall–Kier alpha value is -1.88. The molecule has 1 aromatic carbocycles. The molecule has 0 fully saturated rings. The van der Waals surface area contributed by atoms with E-state index in [1.165, 1.54) is 6.20 Å². The fraction of sp³-hybridized carbons (Fsp3) is 0. The highest BCUT2D eigenvalue weighted by Crippen LogP contribution is 2.18. The molecule has 0 saturated heterocycles. The lowest BCUT2D eigenvalue weighted by Gasteiger charge is -2.01. The Morgan fingerprint density at radius 3 is 2.67 bits per heavy atom. The predicted molar refractivity (Wildman–Crippen MR) is 57.9 cm³/mol. The van der Waals surface area contributed by atoms with Crippen LogP contribution in [-0.2, 0) is 0 Å². The van der Waals surface area contributed by atoms with Crippen molar-refractivity contribution in [2.24, 2.45) is 0 Å². The first-order valence-electron chi connectivity index (χ1n) is 4.25. The Morgan fingerprint density at radius 2 is 2.07 bits per heavy atom. The highest BCUT2D eigenvalue weighted by Gasteiger charge is 2.14. The van der Waals surface area contributed by atoms with Gasteiger partial charge in [0.2, 0.25) is 0 Å². The Morgan fingerprint density at radius 1 is 1.33 bits per heavy atom. The molecular formula is C10H8N2O2S. The van der Waals surface area contributed by atoms with E-state index < -0.39 is 5.97 Å². The van der Waals surface area contributed by atoms with Crippen molar-refractivity contribution in [1.82, 2.24) is 4.37 Å². The molecule has 2 aromatic rings. The van der Waals surface area contributed by atoms with E-state index in [0.29, 0.717) is 16.3 Å². The first-order chi connectivity index (χ1) is 7.27.